The number of rotatable bonds is 2. The number of nitrogens with one attached hydrogen (secondary N) is 1. The molecule has 0 bridgehead atoms. The Balaban J connectivity index is 2.43. The zero-order valence-electron chi connectivity index (χ0n) is 9.78. The van der Waals surface area contributed by atoms with E-state index in [0.717, 1.165) is 5.56 Å². The average molecular weight is 223 g/mol. The van der Waals surface area contributed by atoms with Crippen LogP contribution in [0.15, 0.2) is 18.5 Å². The second-order valence-electron chi connectivity index (χ2n) is 4.48. The third-order valence-electron chi connectivity index (χ3n) is 1.65. The number of anilines is 1. The fourth-order valence-corrected chi connectivity index (χ4v) is 1.09. The maximum atomic E-state index is 11.3. The highest BCUT2D eigenvalue weighted by Crippen LogP contribution is 2.07. The van der Waals surface area contributed by atoms with Gasteiger partial charge in [0.2, 0.25) is 0 Å². The molecule has 0 atom stereocenters. The van der Waals surface area contributed by atoms with Crippen LogP contribution in [0.5, 0.6) is 0 Å². The summed E-state index contributed by atoms with van der Waals surface area (Å²) in [6.07, 6.45) is 2.75. The number of carbonyl (C=O) groups excluding carboxylic acids is 1. The molecule has 5 heteroatoms. The first kappa shape index (κ1) is 12.3. The number of nitrogens with zero attached hydrogens (tertiary/aromatic N) is 1. The van der Waals surface area contributed by atoms with E-state index in [1.54, 1.807) is 18.5 Å². The third-order valence-corrected chi connectivity index (χ3v) is 1.65. The maximum Gasteiger partial charge on any atom is 0.407 e. The average Bonchev–Trinajstić information content (AvgIpc) is 2.12. The van der Waals surface area contributed by atoms with Gasteiger partial charge in [-0.2, -0.15) is 0 Å². The molecule has 3 N–H and O–H groups in total. The van der Waals surface area contributed by atoms with Gasteiger partial charge in [-0.1, -0.05) is 0 Å². The number of ether oxygens (including phenoxy) is 1. The molecule has 0 aliphatic carbocycles. The molecule has 0 fully saturated rings. The van der Waals surface area contributed by atoms with Crippen LogP contribution in [0.4, 0.5) is 10.5 Å². The van der Waals surface area contributed by atoms with E-state index in [4.69, 9.17) is 10.5 Å². The zero-order chi connectivity index (χ0) is 12.2. The normalized spacial score (nSPS) is 10.9. The molecule has 1 rings (SSSR count). The van der Waals surface area contributed by atoms with E-state index in [2.05, 4.69) is 10.3 Å². The lowest BCUT2D eigenvalue weighted by Crippen LogP contribution is -2.32. The Morgan fingerprint density at radius 3 is 2.75 bits per heavy atom. The Hall–Kier alpha value is -1.78. The molecule has 1 amide bonds. The van der Waals surface area contributed by atoms with Crippen molar-refractivity contribution in [3.05, 3.63) is 24.0 Å². The summed E-state index contributed by atoms with van der Waals surface area (Å²) in [5.41, 5.74) is 6.48. The smallest absolute Gasteiger partial charge is 0.407 e. The van der Waals surface area contributed by atoms with Crippen LogP contribution in [-0.2, 0) is 11.3 Å². The second-order valence-corrected chi connectivity index (χ2v) is 4.48. The van der Waals surface area contributed by atoms with Crippen LogP contribution in [0.3, 0.4) is 0 Å². The van der Waals surface area contributed by atoms with Gasteiger partial charge in [-0.05, 0) is 32.4 Å². The lowest BCUT2D eigenvalue weighted by molar-refractivity contribution is 0.0523. The van der Waals surface area contributed by atoms with Gasteiger partial charge in [-0.25, -0.2) is 4.79 Å². The minimum atomic E-state index is -0.488. The molecule has 1 heterocycles. The van der Waals surface area contributed by atoms with Gasteiger partial charge in [0.05, 0.1) is 5.69 Å². The van der Waals surface area contributed by atoms with Crippen molar-refractivity contribution >= 4 is 11.8 Å². The summed E-state index contributed by atoms with van der Waals surface area (Å²) in [5.74, 6) is 0. The molecule has 0 aliphatic rings. The van der Waals surface area contributed by atoms with Crippen molar-refractivity contribution in [2.24, 2.45) is 0 Å². The van der Waals surface area contributed by atoms with Gasteiger partial charge in [0.15, 0.2) is 0 Å². The maximum absolute atomic E-state index is 11.3. The predicted molar refractivity (Wildman–Crippen MR) is 61.7 cm³/mol. The molecule has 0 aliphatic heterocycles. The van der Waals surface area contributed by atoms with Crippen LogP contribution in [0, 0.1) is 0 Å². The lowest BCUT2D eigenvalue weighted by Gasteiger charge is -2.19. The molecule has 0 aromatic carbocycles. The van der Waals surface area contributed by atoms with Gasteiger partial charge in [0, 0.05) is 18.9 Å². The van der Waals surface area contributed by atoms with Crippen molar-refractivity contribution in [1.82, 2.24) is 10.3 Å². The topological polar surface area (TPSA) is 77.2 Å². The molecule has 0 saturated heterocycles. The molecule has 1 aromatic heterocycles. The monoisotopic (exact) mass is 223 g/mol. The predicted octanol–water partition coefficient (Wildman–Crippen LogP) is 1.69. The molecule has 5 nitrogen and oxygen atoms in total. The van der Waals surface area contributed by atoms with Crippen LogP contribution in [0.1, 0.15) is 26.3 Å². The number of amides is 1. The van der Waals surface area contributed by atoms with Gasteiger partial charge in [-0.3, -0.25) is 4.98 Å². The number of hydrogen-bond acceptors (Lipinski definition) is 4. The number of aromatic nitrogens is 1. The highest BCUT2D eigenvalue weighted by molar-refractivity contribution is 5.67. The third kappa shape index (κ3) is 4.63. The first-order chi connectivity index (χ1) is 7.37. The summed E-state index contributed by atoms with van der Waals surface area (Å²) < 4.78 is 5.09. The van der Waals surface area contributed by atoms with Gasteiger partial charge < -0.3 is 15.8 Å². The summed E-state index contributed by atoms with van der Waals surface area (Å²) in [6.45, 7) is 5.80. The molecule has 0 saturated carbocycles. The van der Waals surface area contributed by atoms with Crippen molar-refractivity contribution in [3.63, 3.8) is 0 Å². The summed E-state index contributed by atoms with van der Waals surface area (Å²) in [6, 6.07) is 1.75. The molecular weight excluding hydrogens is 206 g/mol. The van der Waals surface area contributed by atoms with Gasteiger partial charge >= 0.3 is 6.09 Å². The van der Waals surface area contributed by atoms with Crippen LogP contribution in [0.2, 0.25) is 0 Å². The van der Waals surface area contributed by atoms with Crippen LogP contribution >= 0.6 is 0 Å². The quantitative estimate of drug-likeness (QED) is 0.799. The highest BCUT2D eigenvalue weighted by atomic mass is 16.6. The number of alkyl carbamates (subject to hydrolysis) is 1. The molecular formula is C11H17N3O2. The standard InChI is InChI=1S/C11H17N3O2/c1-11(2,3)16-10(15)14-6-8-4-9(12)7-13-5-8/h4-5,7H,6,12H2,1-3H3,(H,14,15). The van der Waals surface area contributed by atoms with E-state index < -0.39 is 11.7 Å². The van der Waals surface area contributed by atoms with Crippen molar-refractivity contribution in [2.45, 2.75) is 32.9 Å². The summed E-state index contributed by atoms with van der Waals surface area (Å²) in [5, 5.41) is 2.63. The summed E-state index contributed by atoms with van der Waals surface area (Å²) in [4.78, 5) is 15.3. The fraction of sp³-hybridized carbons (Fsp3) is 0.455. The Labute approximate surface area is 95.0 Å². The van der Waals surface area contributed by atoms with Crippen molar-refractivity contribution in [3.8, 4) is 0 Å². The Morgan fingerprint density at radius 1 is 1.50 bits per heavy atom. The first-order valence-corrected chi connectivity index (χ1v) is 5.03. The molecule has 0 radical (unpaired) electrons. The lowest BCUT2D eigenvalue weighted by atomic mass is 10.2. The van der Waals surface area contributed by atoms with Gasteiger partial charge in [-0.15, -0.1) is 0 Å². The van der Waals surface area contributed by atoms with Crippen LogP contribution in [-0.4, -0.2) is 16.7 Å². The van der Waals surface area contributed by atoms with E-state index in [1.807, 2.05) is 20.8 Å². The largest absolute Gasteiger partial charge is 0.444 e. The molecule has 88 valence electrons. The summed E-state index contributed by atoms with van der Waals surface area (Å²) in [7, 11) is 0. The number of carbonyl (C=O) groups is 1. The van der Waals surface area contributed by atoms with Gasteiger partial charge in [0.1, 0.15) is 5.60 Å². The second kappa shape index (κ2) is 4.83. The van der Waals surface area contributed by atoms with Crippen LogP contribution in [0.25, 0.3) is 0 Å². The minimum Gasteiger partial charge on any atom is -0.444 e. The number of pyridine rings is 1. The van der Waals surface area contributed by atoms with E-state index >= 15 is 0 Å². The molecule has 1 aromatic rings. The molecule has 16 heavy (non-hydrogen) atoms. The number of nitrogens with two attached hydrogens (primary N) is 1. The Kier molecular flexibility index (Phi) is 3.71. The van der Waals surface area contributed by atoms with Crippen LogP contribution < -0.4 is 11.1 Å². The Bertz CT molecular complexity index is 372. The molecule has 0 spiro atoms. The van der Waals surface area contributed by atoms with E-state index in [9.17, 15) is 4.79 Å². The van der Waals surface area contributed by atoms with E-state index in [0.29, 0.717) is 12.2 Å². The number of hydrogen-bond donors (Lipinski definition) is 2. The Morgan fingerprint density at radius 2 is 2.19 bits per heavy atom. The first-order valence-electron chi connectivity index (χ1n) is 5.03. The van der Waals surface area contributed by atoms with E-state index in [1.165, 1.54) is 0 Å². The van der Waals surface area contributed by atoms with Crippen molar-refractivity contribution in [1.29, 1.82) is 0 Å². The van der Waals surface area contributed by atoms with Crippen molar-refractivity contribution in [2.75, 3.05) is 5.73 Å². The molecule has 0 unspecified atom stereocenters. The van der Waals surface area contributed by atoms with Gasteiger partial charge in [0.25, 0.3) is 0 Å². The zero-order valence-corrected chi connectivity index (χ0v) is 9.78. The highest BCUT2D eigenvalue weighted by Gasteiger charge is 2.15. The fourth-order valence-electron chi connectivity index (χ4n) is 1.09. The van der Waals surface area contributed by atoms with Crippen molar-refractivity contribution < 1.29 is 9.53 Å². The minimum absolute atomic E-state index is 0.354. The number of nitrogen functional groups attached to an aromatic ring is 1. The van der Waals surface area contributed by atoms with E-state index in [-0.39, 0.29) is 0 Å². The SMILES string of the molecule is CC(C)(C)OC(=O)NCc1cncc(N)c1. The summed E-state index contributed by atoms with van der Waals surface area (Å²) >= 11 is 0.